The van der Waals surface area contributed by atoms with E-state index >= 15 is 0 Å². The average Bonchev–Trinajstić information content (AvgIpc) is 2.51. The largest absolute Gasteiger partial charge is 0.507 e. The van der Waals surface area contributed by atoms with Crippen molar-refractivity contribution in [1.29, 1.82) is 0 Å². The molecule has 114 valence electrons. The summed E-state index contributed by atoms with van der Waals surface area (Å²) in [4.78, 5) is 11.7. The zero-order valence-corrected chi connectivity index (χ0v) is 13.3. The van der Waals surface area contributed by atoms with E-state index < -0.39 is 0 Å². The van der Waals surface area contributed by atoms with Crippen molar-refractivity contribution in [3.8, 4) is 11.5 Å². The molecule has 1 amide bonds. The number of hydrogen-bond donors (Lipinski definition) is 3. The number of rotatable bonds is 6. The molecular formula is C16H15BrN2O3. The van der Waals surface area contributed by atoms with Crippen LogP contribution < -0.4 is 15.6 Å². The van der Waals surface area contributed by atoms with E-state index in [9.17, 15) is 9.90 Å². The molecule has 3 N–H and O–H groups in total. The second-order valence-electron chi connectivity index (χ2n) is 4.41. The van der Waals surface area contributed by atoms with Crippen LogP contribution in [0.5, 0.6) is 11.5 Å². The first-order valence-electron chi connectivity index (χ1n) is 6.47. The van der Waals surface area contributed by atoms with Crippen molar-refractivity contribution in [1.82, 2.24) is 10.9 Å². The number of nitrogens with one attached hydrogen (secondary N) is 2. The summed E-state index contributed by atoms with van der Waals surface area (Å²) in [5.74, 6) is 0.306. The number of phenolic OH excluding ortho intramolecular Hbond substituents is 1. The lowest BCUT2D eigenvalue weighted by molar-refractivity contribution is -0.123. The van der Waals surface area contributed by atoms with Crippen LogP contribution in [0.2, 0.25) is 0 Å². The molecule has 0 heterocycles. The lowest BCUT2D eigenvalue weighted by atomic mass is 10.1. The second-order valence-corrected chi connectivity index (χ2v) is 5.33. The number of hydrazine groups is 1. The Labute approximate surface area is 136 Å². The third-order valence-corrected chi connectivity index (χ3v) is 3.24. The standard InChI is InChI=1S/C16H15BrN2O3/c1-11(14-7-2-3-8-15(14)20)18-19-16(21)10-22-13-6-4-5-12(17)9-13/h2-9,18,20H,1,10H2,(H,19,21). The van der Waals surface area contributed by atoms with E-state index in [0.29, 0.717) is 17.0 Å². The van der Waals surface area contributed by atoms with Gasteiger partial charge in [-0.2, -0.15) is 0 Å². The van der Waals surface area contributed by atoms with Gasteiger partial charge in [0.1, 0.15) is 11.5 Å². The molecule has 22 heavy (non-hydrogen) atoms. The number of halogens is 1. The van der Waals surface area contributed by atoms with E-state index in [1.54, 1.807) is 36.4 Å². The van der Waals surface area contributed by atoms with Crippen LogP contribution >= 0.6 is 15.9 Å². The molecule has 0 spiro atoms. The highest BCUT2D eigenvalue weighted by atomic mass is 79.9. The highest BCUT2D eigenvalue weighted by Gasteiger charge is 2.06. The predicted octanol–water partition coefficient (Wildman–Crippen LogP) is 2.83. The molecule has 0 aliphatic heterocycles. The Morgan fingerprint density at radius 2 is 1.95 bits per heavy atom. The number of amides is 1. The topological polar surface area (TPSA) is 70.6 Å². The second kappa shape index (κ2) is 7.51. The number of carbonyl (C=O) groups excluding carboxylic acids is 1. The normalized spacial score (nSPS) is 9.86. The maximum absolute atomic E-state index is 11.7. The summed E-state index contributed by atoms with van der Waals surface area (Å²) >= 11 is 3.32. The molecule has 2 rings (SSSR count). The Morgan fingerprint density at radius 3 is 2.68 bits per heavy atom. The third kappa shape index (κ3) is 4.53. The molecule has 0 radical (unpaired) electrons. The van der Waals surface area contributed by atoms with E-state index in [-0.39, 0.29) is 18.3 Å². The molecule has 2 aromatic rings. The van der Waals surface area contributed by atoms with E-state index in [1.807, 2.05) is 12.1 Å². The summed E-state index contributed by atoms with van der Waals surface area (Å²) in [5, 5.41) is 9.68. The van der Waals surface area contributed by atoms with Crippen LogP contribution in [-0.2, 0) is 4.79 Å². The van der Waals surface area contributed by atoms with Crippen molar-refractivity contribution in [2.45, 2.75) is 0 Å². The van der Waals surface area contributed by atoms with E-state index in [1.165, 1.54) is 0 Å². The van der Waals surface area contributed by atoms with Crippen LogP contribution in [-0.4, -0.2) is 17.6 Å². The maximum Gasteiger partial charge on any atom is 0.276 e. The van der Waals surface area contributed by atoms with Crippen LogP contribution in [0.15, 0.2) is 59.6 Å². The number of hydrogen-bond acceptors (Lipinski definition) is 4. The first-order chi connectivity index (χ1) is 10.6. The smallest absolute Gasteiger partial charge is 0.276 e. The van der Waals surface area contributed by atoms with Gasteiger partial charge in [0.2, 0.25) is 0 Å². The van der Waals surface area contributed by atoms with Crippen molar-refractivity contribution in [3.05, 3.63) is 65.1 Å². The number of para-hydroxylation sites is 1. The molecule has 0 aliphatic rings. The first kappa shape index (κ1) is 15.9. The van der Waals surface area contributed by atoms with Gasteiger partial charge in [-0.25, -0.2) is 0 Å². The molecule has 0 bridgehead atoms. The summed E-state index contributed by atoms with van der Waals surface area (Å²) in [6.07, 6.45) is 0. The van der Waals surface area contributed by atoms with E-state index in [2.05, 4.69) is 33.4 Å². The number of aromatic hydroxyl groups is 1. The van der Waals surface area contributed by atoms with Gasteiger partial charge in [0, 0.05) is 10.0 Å². The molecule has 0 unspecified atom stereocenters. The van der Waals surface area contributed by atoms with Crippen LogP contribution in [0.4, 0.5) is 0 Å². The maximum atomic E-state index is 11.7. The van der Waals surface area contributed by atoms with E-state index in [4.69, 9.17) is 4.74 Å². The number of phenols is 1. The molecule has 0 aliphatic carbocycles. The van der Waals surface area contributed by atoms with Gasteiger partial charge < -0.3 is 9.84 Å². The van der Waals surface area contributed by atoms with Crippen molar-refractivity contribution < 1.29 is 14.6 Å². The lowest BCUT2D eigenvalue weighted by Crippen LogP contribution is -2.38. The van der Waals surface area contributed by atoms with Crippen molar-refractivity contribution >= 4 is 27.5 Å². The van der Waals surface area contributed by atoms with Gasteiger partial charge in [-0.1, -0.05) is 40.7 Å². The predicted molar refractivity (Wildman–Crippen MR) is 88.1 cm³/mol. The monoisotopic (exact) mass is 362 g/mol. The van der Waals surface area contributed by atoms with Crippen molar-refractivity contribution in [2.75, 3.05) is 6.61 Å². The van der Waals surface area contributed by atoms with Crippen molar-refractivity contribution in [2.24, 2.45) is 0 Å². The van der Waals surface area contributed by atoms with Crippen molar-refractivity contribution in [3.63, 3.8) is 0 Å². The summed E-state index contributed by atoms with van der Waals surface area (Å²) < 4.78 is 6.22. The summed E-state index contributed by atoms with van der Waals surface area (Å²) in [6, 6.07) is 13.9. The molecule has 2 aromatic carbocycles. The lowest BCUT2D eigenvalue weighted by Gasteiger charge is -2.12. The Kier molecular flexibility index (Phi) is 5.43. The van der Waals surface area contributed by atoms with Crippen LogP contribution in [0, 0.1) is 0 Å². The van der Waals surface area contributed by atoms with Gasteiger partial charge in [0.05, 0.1) is 5.70 Å². The first-order valence-corrected chi connectivity index (χ1v) is 7.26. The van der Waals surface area contributed by atoms with Gasteiger partial charge in [-0.05, 0) is 30.3 Å². The Hall–Kier alpha value is -2.47. The number of benzene rings is 2. The quantitative estimate of drug-likeness (QED) is 0.691. The molecule has 0 aromatic heterocycles. The highest BCUT2D eigenvalue weighted by Crippen LogP contribution is 2.20. The summed E-state index contributed by atoms with van der Waals surface area (Å²) in [7, 11) is 0. The molecule has 0 saturated carbocycles. The molecule has 0 fully saturated rings. The fraction of sp³-hybridized carbons (Fsp3) is 0.0625. The van der Waals surface area contributed by atoms with Crippen LogP contribution in [0.3, 0.4) is 0 Å². The molecule has 0 atom stereocenters. The average molecular weight is 363 g/mol. The zero-order chi connectivity index (χ0) is 15.9. The summed E-state index contributed by atoms with van der Waals surface area (Å²) in [6.45, 7) is 3.61. The van der Waals surface area contributed by atoms with Gasteiger partial charge >= 0.3 is 0 Å². The fourth-order valence-electron chi connectivity index (χ4n) is 1.68. The highest BCUT2D eigenvalue weighted by molar-refractivity contribution is 9.10. The summed E-state index contributed by atoms with van der Waals surface area (Å²) in [5.41, 5.74) is 5.99. The van der Waals surface area contributed by atoms with Gasteiger partial charge in [0.25, 0.3) is 5.91 Å². The molecule has 0 saturated heterocycles. The zero-order valence-electron chi connectivity index (χ0n) is 11.7. The van der Waals surface area contributed by atoms with Gasteiger partial charge in [-0.15, -0.1) is 0 Å². The fourth-order valence-corrected chi connectivity index (χ4v) is 2.06. The van der Waals surface area contributed by atoms with Crippen LogP contribution in [0.1, 0.15) is 5.56 Å². The Morgan fingerprint density at radius 1 is 1.18 bits per heavy atom. The minimum Gasteiger partial charge on any atom is -0.507 e. The van der Waals surface area contributed by atoms with E-state index in [0.717, 1.165) is 4.47 Å². The molecule has 5 nitrogen and oxygen atoms in total. The Balaban J connectivity index is 1.81. The number of ether oxygens (including phenoxy) is 1. The minimum absolute atomic E-state index is 0.0830. The van der Waals surface area contributed by atoms with Gasteiger partial charge in [-0.3, -0.25) is 15.6 Å². The molecule has 6 heteroatoms. The van der Waals surface area contributed by atoms with Gasteiger partial charge in [0.15, 0.2) is 6.61 Å². The molecular weight excluding hydrogens is 348 g/mol. The Bertz CT molecular complexity index is 689. The van der Waals surface area contributed by atoms with Crippen LogP contribution in [0.25, 0.3) is 5.70 Å². The number of carbonyl (C=O) groups is 1. The minimum atomic E-state index is -0.364. The third-order valence-electron chi connectivity index (χ3n) is 2.75. The SMILES string of the molecule is C=C(NNC(=O)COc1cccc(Br)c1)c1ccccc1O.